The normalized spacial score (nSPS) is 22.3. The first-order valence-electron chi connectivity index (χ1n) is 11.2. The second-order valence-electron chi connectivity index (χ2n) is 8.12. The van der Waals surface area contributed by atoms with Crippen LogP contribution in [0, 0.1) is 5.92 Å². The molecule has 7 heteroatoms. The Balaban J connectivity index is 0.00000320. The van der Waals surface area contributed by atoms with Crippen molar-refractivity contribution in [1.82, 2.24) is 15.1 Å². The van der Waals surface area contributed by atoms with Gasteiger partial charge in [-0.05, 0) is 38.3 Å². The second-order valence-corrected chi connectivity index (χ2v) is 8.12. The minimum atomic E-state index is 0. The standard InChI is InChI=1S/C23H38N4O2.HI/c1-3-24-23(25-16-22-10-7-12-26(22)14-15-28-2)27-13-11-21(17-27)19-29-18-20-8-5-4-6-9-20;/h4-6,8-9,21-22H,3,7,10-19H2,1-2H3,(H,24,25);1H. The molecule has 2 unspecified atom stereocenters. The summed E-state index contributed by atoms with van der Waals surface area (Å²) < 4.78 is 11.2. The Morgan fingerprint density at radius 3 is 2.80 bits per heavy atom. The molecule has 2 saturated heterocycles. The summed E-state index contributed by atoms with van der Waals surface area (Å²) in [4.78, 5) is 9.95. The van der Waals surface area contributed by atoms with Crippen LogP contribution in [-0.2, 0) is 16.1 Å². The first-order valence-corrected chi connectivity index (χ1v) is 11.2. The fourth-order valence-corrected chi connectivity index (χ4v) is 4.30. The summed E-state index contributed by atoms with van der Waals surface area (Å²) in [7, 11) is 1.78. The highest BCUT2D eigenvalue weighted by atomic mass is 127. The van der Waals surface area contributed by atoms with Gasteiger partial charge in [0.25, 0.3) is 0 Å². The lowest BCUT2D eigenvalue weighted by Gasteiger charge is -2.25. The molecule has 0 amide bonds. The van der Waals surface area contributed by atoms with E-state index in [2.05, 4.69) is 46.3 Å². The van der Waals surface area contributed by atoms with Gasteiger partial charge < -0.3 is 19.7 Å². The van der Waals surface area contributed by atoms with Crippen molar-refractivity contribution in [3.05, 3.63) is 35.9 Å². The zero-order chi connectivity index (χ0) is 20.3. The van der Waals surface area contributed by atoms with Gasteiger partial charge in [-0.3, -0.25) is 9.89 Å². The zero-order valence-corrected chi connectivity index (χ0v) is 20.9. The molecule has 0 aliphatic carbocycles. The van der Waals surface area contributed by atoms with E-state index in [1.54, 1.807) is 7.11 Å². The molecule has 6 nitrogen and oxygen atoms in total. The van der Waals surface area contributed by atoms with E-state index in [1.807, 2.05) is 6.07 Å². The van der Waals surface area contributed by atoms with Crippen LogP contribution >= 0.6 is 24.0 Å². The number of nitrogens with one attached hydrogen (secondary N) is 1. The van der Waals surface area contributed by atoms with E-state index in [-0.39, 0.29) is 24.0 Å². The number of hydrogen-bond donors (Lipinski definition) is 1. The second kappa shape index (κ2) is 14.2. The van der Waals surface area contributed by atoms with E-state index in [0.717, 1.165) is 51.9 Å². The van der Waals surface area contributed by atoms with Crippen LogP contribution in [0.25, 0.3) is 0 Å². The molecule has 0 bridgehead atoms. The molecule has 0 aromatic heterocycles. The number of nitrogens with zero attached hydrogens (tertiary/aromatic N) is 3. The Kier molecular flexibility index (Phi) is 12.0. The molecule has 0 radical (unpaired) electrons. The molecular formula is C23H39IN4O2. The first-order chi connectivity index (χ1) is 14.3. The maximum Gasteiger partial charge on any atom is 0.193 e. The summed E-state index contributed by atoms with van der Waals surface area (Å²) in [5.74, 6) is 1.64. The Labute approximate surface area is 199 Å². The number of methoxy groups -OCH3 is 1. The molecule has 2 heterocycles. The van der Waals surface area contributed by atoms with Crippen molar-refractivity contribution in [2.45, 2.75) is 38.8 Å². The largest absolute Gasteiger partial charge is 0.383 e. The maximum absolute atomic E-state index is 5.98. The summed E-state index contributed by atoms with van der Waals surface area (Å²) >= 11 is 0. The van der Waals surface area contributed by atoms with E-state index in [4.69, 9.17) is 14.5 Å². The van der Waals surface area contributed by atoms with Crippen molar-refractivity contribution in [2.24, 2.45) is 10.9 Å². The average molecular weight is 530 g/mol. The summed E-state index contributed by atoms with van der Waals surface area (Å²) in [5.41, 5.74) is 1.24. The number of guanidine groups is 1. The highest BCUT2D eigenvalue weighted by Crippen LogP contribution is 2.19. The topological polar surface area (TPSA) is 49.3 Å². The van der Waals surface area contributed by atoms with Gasteiger partial charge in [0, 0.05) is 45.2 Å². The van der Waals surface area contributed by atoms with Gasteiger partial charge in [0.15, 0.2) is 5.96 Å². The Morgan fingerprint density at radius 2 is 2.03 bits per heavy atom. The summed E-state index contributed by atoms with van der Waals surface area (Å²) in [5, 5.41) is 3.50. The highest BCUT2D eigenvalue weighted by molar-refractivity contribution is 14.0. The Hall–Kier alpha value is -0.900. The van der Waals surface area contributed by atoms with Gasteiger partial charge in [-0.25, -0.2) is 0 Å². The number of benzene rings is 1. The summed E-state index contributed by atoms with van der Waals surface area (Å²) in [6, 6.07) is 11.0. The van der Waals surface area contributed by atoms with Crippen molar-refractivity contribution in [2.75, 3.05) is 59.6 Å². The van der Waals surface area contributed by atoms with Gasteiger partial charge in [-0.1, -0.05) is 30.3 Å². The SMILES string of the molecule is CCNC(=NCC1CCCN1CCOC)N1CCC(COCc2ccccc2)C1.I. The quantitative estimate of drug-likeness (QED) is 0.286. The molecule has 0 saturated carbocycles. The first kappa shape index (κ1) is 25.4. The van der Waals surface area contributed by atoms with Crippen LogP contribution in [-0.4, -0.2) is 81.4 Å². The molecule has 2 aliphatic rings. The maximum atomic E-state index is 5.98. The van der Waals surface area contributed by atoms with Gasteiger partial charge in [-0.15, -0.1) is 24.0 Å². The monoisotopic (exact) mass is 530 g/mol. The van der Waals surface area contributed by atoms with Gasteiger partial charge in [0.05, 0.1) is 26.4 Å². The van der Waals surface area contributed by atoms with Crippen LogP contribution in [0.1, 0.15) is 31.7 Å². The lowest BCUT2D eigenvalue weighted by Crippen LogP contribution is -2.42. The predicted octanol–water partition coefficient (Wildman–Crippen LogP) is 3.22. The molecule has 1 aromatic carbocycles. The van der Waals surface area contributed by atoms with E-state index >= 15 is 0 Å². The van der Waals surface area contributed by atoms with Gasteiger partial charge in [-0.2, -0.15) is 0 Å². The number of hydrogen-bond acceptors (Lipinski definition) is 4. The van der Waals surface area contributed by atoms with Crippen LogP contribution in [0.3, 0.4) is 0 Å². The smallest absolute Gasteiger partial charge is 0.193 e. The van der Waals surface area contributed by atoms with Gasteiger partial charge in [0.2, 0.25) is 0 Å². The molecule has 2 aliphatic heterocycles. The lowest BCUT2D eigenvalue weighted by molar-refractivity contribution is 0.0906. The molecule has 0 spiro atoms. The molecule has 2 fully saturated rings. The number of ether oxygens (including phenoxy) is 2. The fourth-order valence-electron chi connectivity index (χ4n) is 4.30. The molecule has 2 atom stereocenters. The van der Waals surface area contributed by atoms with Crippen molar-refractivity contribution >= 4 is 29.9 Å². The van der Waals surface area contributed by atoms with Crippen molar-refractivity contribution < 1.29 is 9.47 Å². The fraction of sp³-hybridized carbons (Fsp3) is 0.696. The third-order valence-corrected chi connectivity index (χ3v) is 5.92. The van der Waals surface area contributed by atoms with E-state index in [9.17, 15) is 0 Å². The van der Waals surface area contributed by atoms with Gasteiger partial charge >= 0.3 is 0 Å². The van der Waals surface area contributed by atoms with E-state index in [1.165, 1.54) is 31.4 Å². The zero-order valence-electron chi connectivity index (χ0n) is 18.6. The highest BCUT2D eigenvalue weighted by Gasteiger charge is 2.27. The molecule has 1 aromatic rings. The van der Waals surface area contributed by atoms with Crippen molar-refractivity contribution in [3.63, 3.8) is 0 Å². The summed E-state index contributed by atoms with van der Waals surface area (Å²) in [6.07, 6.45) is 3.68. The molecule has 3 rings (SSSR count). The van der Waals surface area contributed by atoms with Crippen LogP contribution in [0.2, 0.25) is 0 Å². The van der Waals surface area contributed by atoms with E-state index in [0.29, 0.717) is 18.6 Å². The number of aliphatic imine (C=N–C) groups is 1. The van der Waals surface area contributed by atoms with Crippen LogP contribution in [0.4, 0.5) is 0 Å². The molecule has 170 valence electrons. The minimum Gasteiger partial charge on any atom is -0.383 e. The van der Waals surface area contributed by atoms with Gasteiger partial charge in [0.1, 0.15) is 0 Å². The number of likely N-dealkylation sites (tertiary alicyclic amines) is 2. The van der Waals surface area contributed by atoms with Crippen LogP contribution in [0.15, 0.2) is 35.3 Å². The third-order valence-electron chi connectivity index (χ3n) is 5.92. The Bertz CT molecular complexity index is 616. The molecule has 1 N–H and O–H groups in total. The Morgan fingerprint density at radius 1 is 1.20 bits per heavy atom. The predicted molar refractivity (Wildman–Crippen MR) is 134 cm³/mol. The lowest BCUT2D eigenvalue weighted by atomic mass is 10.1. The van der Waals surface area contributed by atoms with Crippen molar-refractivity contribution in [1.29, 1.82) is 0 Å². The number of halogens is 1. The molecule has 30 heavy (non-hydrogen) atoms. The average Bonchev–Trinajstić information content (AvgIpc) is 3.40. The minimum absolute atomic E-state index is 0. The van der Waals surface area contributed by atoms with E-state index < -0.39 is 0 Å². The molecular weight excluding hydrogens is 491 g/mol. The summed E-state index contributed by atoms with van der Waals surface area (Å²) in [6.45, 7) is 10.5. The van der Waals surface area contributed by atoms with Crippen molar-refractivity contribution in [3.8, 4) is 0 Å². The number of rotatable bonds is 10. The third kappa shape index (κ3) is 7.98. The van der Waals surface area contributed by atoms with Crippen LogP contribution < -0.4 is 5.32 Å². The van der Waals surface area contributed by atoms with Crippen LogP contribution in [0.5, 0.6) is 0 Å².